The SMILES string of the molecule is CC(C)(C)C(=O)N1CCC(C(O)c2ccccc2)C1=C1SCCCS1. The van der Waals surface area contributed by atoms with Gasteiger partial charge in [0.15, 0.2) is 0 Å². The van der Waals surface area contributed by atoms with Crippen molar-refractivity contribution in [2.24, 2.45) is 11.3 Å². The van der Waals surface area contributed by atoms with Gasteiger partial charge in [-0.15, -0.1) is 23.5 Å². The first-order valence-corrected chi connectivity index (χ1v) is 10.9. The van der Waals surface area contributed by atoms with E-state index in [1.54, 1.807) is 0 Å². The van der Waals surface area contributed by atoms with E-state index in [1.165, 1.54) is 10.7 Å². The van der Waals surface area contributed by atoms with Gasteiger partial charge in [-0.3, -0.25) is 4.79 Å². The lowest BCUT2D eigenvalue weighted by Crippen LogP contribution is -2.37. The van der Waals surface area contributed by atoms with E-state index in [2.05, 4.69) is 0 Å². The van der Waals surface area contributed by atoms with Crippen LogP contribution in [0.4, 0.5) is 0 Å². The second-order valence-electron chi connectivity index (χ2n) is 7.68. The summed E-state index contributed by atoms with van der Waals surface area (Å²) in [6.45, 7) is 6.61. The molecule has 0 bridgehead atoms. The highest BCUT2D eigenvalue weighted by atomic mass is 32.2. The monoisotopic (exact) mass is 377 g/mol. The van der Waals surface area contributed by atoms with Crippen LogP contribution in [0.1, 0.15) is 45.3 Å². The van der Waals surface area contributed by atoms with Gasteiger partial charge in [-0.1, -0.05) is 51.1 Å². The van der Waals surface area contributed by atoms with Gasteiger partial charge in [-0.05, 0) is 29.9 Å². The Balaban J connectivity index is 1.97. The lowest BCUT2D eigenvalue weighted by Gasteiger charge is -2.31. The Labute approximate surface area is 159 Å². The van der Waals surface area contributed by atoms with Crippen LogP contribution in [-0.4, -0.2) is 34.0 Å². The summed E-state index contributed by atoms with van der Waals surface area (Å²) in [5.74, 6) is 2.33. The Morgan fingerprint density at radius 2 is 1.84 bits per heavy atom. The van der Waals surface area contributed by atoms with Crippen molar-refractivity contribution >= 4 is 29.4 Å². The second kappa shape index (κ2) is 7.77. The molecule has 5 heteroatoms. The van der Waals surface area contributed by atoms with E-state index in [1.807, 2.05) is 79.5 Å². The molecule has 2 unspecified atom stereocenters. The van der Waals surface area contributed by atoms with E-state index in [9.17, 15) is 9.90 Å². The largest absolute Gasteiger partial charge is 0.388 e. The van der Waals surface area contributed by atoms with Gasteiger partial charge < -0.3 is 10.0 Å². The molecule has 1 amide bonds. The summed E-state index contributed by atoms with van der Waals surface area (Å²) in [6, 6.07) is 9.84. The van der Waals surface area contributed by atoms with Gasteiger partial charge in [0.2, 0.25) is 5.91 Å². The fourth-order valence-electron chi connectivity index (χ4n) is 3.37. The smallest absolute Gasteiger partial charge is 0.232 e. The molecule has 0 saturated carbocycles. The molecule has 0 aliphatic carbocycles. The number of benzene rings is 1. The van der Waals surface area contributed by atoms with Crippen LogP contribution in [0.3, 0.4) is 0 Å². The van der Waals surface area contributed by atoms with Gasteiger partial charge in [-0.25, -0.2) is 0 Å². The molecular formula is C20H27NO2S2. The molecule has 2 atom stereocenters. The van der Waals surface area contributed by atoms with E-state index in [4.69, 9.17) is 0 Å². The van der Waals surface area contributed by atoms with Gasteiger partial charge in [-0.2, -0.15) is 0 Å². The maximum Gasteiger partial charge on any atom is 0.232 e. The number of nitrogens with zero attached hydrogens (tertiary/aromatic N) is 1. The van der Waals surface area contributed by atoms with Crippen LogP contribution >= 0.6 is 23.5 Å². The molecule has 3 rings (SSSR count). The Morgan fingerprint density at radius 3 is 2.44 bits per heavy atom. The van der Waals surface area contributed by atoms with E-state index in [0.29, 0.717) is 6.54 Å². The van der Waals surface area contributed by atoms with Gasteiger partial charge in [0.1, 0.15) is 0 Å². The Kier molecular flexibility index (Phi) is 5.86. The lowest BCUT2D eigenvalue weighted by atomic mass is 9.92. The van der Waals surface area contributed by atoms with Crippen LogP contribution < -0.4 is 0 Å². The molecular weight excluding hydrogens is 350 g/mol. The standard InChI is InChI=1S/C20H27NO2S2/c1-20(2,3)19(23)21-11-10-15(16(21)18-24-12-7-13-25-18)17(22)14-8-5-4-6-9-14/h4-6,8-9,15,17,22H,7,10-13H2,1-3H3. The Bertz CT molecular complexity index is 643. The minimum atomic E-state index is -0.565. The maximum atomic E-state index is 13.0. The summed E-state index contributed by atoms with van der Waals surface area (Å²) < 4.78 is 1.24. The summed E-state index contributed by atoms with van der Waals surface area (Å²) in [6.07, 6.45) is 1.45. The zero-order chi connectivity index (χ0) is 18.0. The van der Waals surface area contributed by atoms with E-state index < -0.39 is 11.5 Å². The number of carbonyl (C=O) groups is 1. The summed E-state index contributed by atoms with van der Waals surface area (Å²) in [7, 11) is 0. The first kappa shape index (κ1) is 18.9. The highest BCUT2D eigenvalue weighted by Crippen LogP contribution is 2.48. The predicted molar refractivity (Wildman–Crippen MR) is 107 cm³/mol. The van der Waals surface area contributed by atoms with Gasteiger partial charge in [0, 0.05) is 23.6 Å². The molecule has 136 valence electrons. The number of rotatable bonds is 2. The molecule has 2 aliphatic rings. The summed E-state index contributed by atoms with van der Waals surface area (Å²) >= 11 is 3.69. The number of amides is 1. The number of likely N-dealkylation sites (tertiary alicyclic amines) is 1. The average molecular weight is 378 g/mol. The van der Waals surface area contributed by atoms with E-state index >= 15 is 0 Å². The zero-order valence-corrected chi connectivity index (χ0v) is 16.8. The highest BCUT2D eigenvalue weighted by molar-refractivity contribution is 8.22. The van der Waals surface area contributed by atoms with Crippen molar-refractivity contribution in [2.45, 2.75) is 39.7 Å². The Morgan fingerprint density at radius 1 is 1.20 bits per heavy atom. The predicted octanol–water partition coefficient (Wildman–Crippen LogP) is 4.65. The molecule has 3 nitrogen and oxygen atoms in total. The molecule has 1 aromatic carbocycles. The first-order chi connectivity index (χ1) is 11.9. The van der Waals surface area contributed by atoms with Crippen molar-refractivity contribution in [1.82, 2.24) is 4.90 Å². The van der Waals surface area contributed by atoms with Gasteiger partial charge in [0.25, 0.3) is 0 Å². The normalized spacial score (nSPS) is 23.0. The third kappa shape index (κ3) is 4.09. The van der Waals surface area contributed by atoms with Crippen molar-refractivity contribution in [3.05, 3.63) is 45.8 Å². The summed E-state index contributed by atoms with van der Waals surface area (Å²) in [5, 5.41) is 11.0. The fraction of sp³-hybridized carbons (Fsp3) is 0.550. The van der Waals surface area contributed by atoms with Gasteiger partial charge in [0.05, 0.1) is 10.3 Å². The quantitative estimate of drug-likeness (QED) is 0.814. The molecule has 2 heterocycles. The number of aliphatic hydroxyl groups is 1. The zero-order valence-electron chi connectivity index (χ0n) is 15.2. The Hall–Kier alpha value is -0.910. The minimum Gasteiger partial charge on any atom is -0.388 e. The van der Waals surface area contributed by atoms with Crippen LogP contribution in [0, 0.1) is 11.3 Å². The van der Waals surface area contributed by atoms with Crippen molar-refractivity contribution in [1.29, 1.82) is 0 Å². The molecule has 25 heavy (non-hydrogen) atoms. The van der Waals surface area contributed by atoms with Crippen LogP contribution in [0.25, 0.3) is 0 Å². The van der Waals surface area contributed by atoms with Crippen molar-refractivity contribution < 1.29 is 9.90 Å². The number of hydrogen-bond donors (Lipinski definition) is 1. The van der Waals surface area contributed by atoms with Crippen LogP contribution in [-0.2, 0) is 4.79 Å². The van der Waals surface area contributed by atoms with Gasteiger partial charge >= 0.3 is 0 Å². The first-order valence-electron chi connectivity index (χ1n) is 8.94. The van der Waals surface area contributed by atoms with Crippen LogP contribution in [0.2, 0.25) is 0 Å². The molecule has 0 aromatic heterocycles. The van der Waals surface area contributed by atoms with E-state index in [0.717, 1.165) is 29.2 Å². The molecule has 2 aliphatic heterocycles. The number of thioether (sulfide) groups is 2. The molecule has 1 aromatic rings. The molecule has 2 fully saturated rings. The minimum absolute atomic E-state index is 0.0122. The number of aliphatic hydroxyl groups excluding tert-OH is 1. The molecule has 0 radical (unpaired) electrons. The fourth-order valence-corrected chi connectivity index (χ4v) is 6.15. The summed E-state index contributed by atoms with van der Waals surface area (Å²) in [4.78, 5) is 15.0. The van der Waals surface area contributed by atoms with Crippen LogP contribution in [0.15, 0.2) is 40.3 Å². The number of hydrogen-bond acceptors (Lipinski definition) is 4. The average Bonchev–Trinajstić information content (AvgIpc) is 3.05. The van der Waals surface area contributed by atoms with Crippen molar-refractivity contribution in [2.75, 3.05) is 18.1 Å². The lowest BCUT2D eigenvalue weighted by molar-refractivity contribution is -0.136. The van der Waals surface area contributed by atoms with Crippen molar-refractivity contribution in [3.63, 3.8) is 0 Å². The van der Waals surface area contributed by atoms with E-state index in [-0.39, 0.29) is 11.8 Å². The van der Waals surface area contributed by atoms with Crippen LogP contribution in [0.5, 0.6) is 0 Å². The number of carbonyl (C=O) groups excluding carboxylic acids is 1. The second-order valence-corrected chi connectivity index (χ2v) is 10.1. The molecule has 2 saturated heterocycles. The van der Waals surface area contributed by atoms with Crippen molar-refractivity contribution in [3.8, 4) is 0 Å². The highest BCUT2D eigenvalue weighted by Gasteiger charge is 2.42. The third-order valence-electron chi connectivity index (χ3n) is 4.68. The topological polar surface area (TPSA) is 40.5 Å². The molecule has 1 N–H and O–H groups in total. The maximum absolute atomic E-state index is 13.0. The molecule has 0 spiro atoms. The summed E-state index contributed by atoms with van der Waals surface area (Å²) in [5.41, 5.74) is 1.58. The third-order valence-corrected chi connectivity index (χ3v) is 7.31.